The summed E-state index contributed by atoms with van der Waals surface area (Å²) in [6.45, 7) is 1.72. The minimum Gasteiger partial charge on any atom is -0.397 e. The van der Waals surface area contributed by atoms with Crippen molar-refractivity contribution < 1.29 is 4.79 Å². The van der Waals surface area contributed by atoms with Gasteiger partial charge in [0.15, 0.2) is 0 Å². The van der Waals surface area contributed by atoms with E-state index in [9.17, 15) is 4.79 Å². The number of amides is 1. The summed E-state index contributed by atoms with van der Waals surface area (Å²) in [6, 6.07) is 6.07. The highest BCUT2D eigenvalue weighted by atomic mass is 127. The van der Waals surface area contributed by atoms with Gasteiger partial charge in [-0.15, -0.1) is 0 Å². The molecule has 1 unspecified atom stereocenters. The van der Waals surface area contributed by atoms with Crippen molar-refractivity contribution in [1.29, 1.82) is 0 Å². The molecule has 1 amide bonds. The lowest BCUT2D eigenvalue weighted by molar-refractivity contribution is -0.124. The van der Waals surface area contributed by atoms with Gasteiger partial charge in [-0.05, 0) is 53.6 Å². The first-order valence-electron chi connectivity index (χ1n) is 6.13. The lowest BCUT2D eigenvalue weighted by Gasteiger charge is -2.34. The van der Waals surface area contributed by atoms with Crippen LogP contribution in [0.25, 0.3) is 0 Å². The lowest BCUT2D eigenvalue weighted by Crippen LogP contribution is -2.42. The number of nitrogens with zero attached hydrogens (tertiary/aromatic N) is 1. The third-order valence-corrected chi connectivity index (χ3v) is 4.04. The van der Waals surface area contributed by atoms with Crippen molar-refractivity contribution in [2.75, 3.05) is 30.8 Å². The molecule has 1 atom stereocenters. The van der Waals surface area contributed by atoms with Crippen LogP contribution >= 0.6 is 22.6 Å². The van der Waals surface area contributed by atoms with Gasteiger partial charge in [-0.1, -0.05) is 0 Å². The van der Waals surface area contributed by atoms with Gasteiger partial charge in [0, 0.05) is 23.7 Å². The van der Waals surface area contributed by atoms with E-state index in [2.05, 4.69) is 38.9 Å². The van der Waals surface area contributed by atoms with Gasteiger partial charge in [-0.3, -0.25) is 4.79 Å². The maximum absolute atomic E-state index is 11.7. The Balaban J connectivity index is 2.15. The fourth-order valence-corrected chi connectivity index (χ4v) is 2.94. The number of carbonyl (C=O) groups is 1. The predicted octanol–water partition coefficient (Wildman–Crippen LogP) is 1.84. The minimum atomic E-state index is 0.0717. The Labute approximate surface area is 121 Å². The van der Waals surface area contributed by atoms with Crippen LogP contribution in [-0.4, -0.2) is 26.0 Å². The number of hydrogen-bond donors (Lipinski definition) is 2. The normalized spacial score (nSPS) is 19.7. The van der Waals surface area contributed by atoms with Crippen LogP contribution in [0.15, 0.2) is 18.2 Å². The van der Waals surface area contributed by atoms with E-state index in [0.29, 0.717) is 0 Å². The molecule has 18 heavy (non-hydrogen) atoms. The average molecular weight is 359 g/mol. The second-order valence-corrected chi connectivity index (χ2v) is 5.85. The minimum absolute atomic E-state index is 0.0717. The van der Waals surface area contributed by atoms with Crippen LogP contribution in [0.2, 0.25) is 0 Å². The Morgan fingerprint density at radius 1 is 1.56 bits per heavy atom. The molecular weight excluding hydrogens is 341 g/mol. The first-order valence-corrected chi connectivity index (χ1v) is 7.21. The Bertz CT molecular complexity index is 450. The molecule has 0 spiro atoms. The Hall–Kier alpha value is -0.980. The van der Waals surface area contributed by atoms with Crippen molar-refractivity contribution in [3.63, 3.8) is 0 Å². The standard InChI is InChI=1S/C13H18IN3O/c1-16-13(18)9-3-2-6-17(8-9)12-5-4-10(14)7-11(12)15/h4-5,7,9H,2-3,6,8,15H2,1H3,(H,16,18). The largest absolute Gasteiger partial charge is 0.397 e. The summed E-state index contributed by atoms with van der Waals surface area (Å²) in [6.07, 6.45) is 1.99. The summed E-state index contributed by atoms with van der Waals surface area (Å²) < 4.78 is 1.13. The van der Waals surface area contributed by atoms with Crippen molar-refractivity contribution in [2.24, 2.45) is 5.92 Å². The van der Waals surface area contributed by atoms with Crippen molar-refractivity contribution >= 4 is 39.9 Å². The molecule has 1 heterocycles. The number of benzene rings is 1. The second kappa shape index (κ2) is 5.77. The predicted molar refractivity (Wildman–Crippen MR) is 82.6 cm³/mol. The first kappa shape index (κ1) is 13.5. The molecule has 0 aliphatic carbocycles. The molecule has 0 aromatic heterocycles. The summed E-state index contributed by atoms with van der Waals surface area (Å²) in [5.74, 6) is 0.200. The summed E-state index contributed by atoms with van der Waals surface area (Å²) in [7, 11) is 1.69. The number of nitrogen functional groups attached to an aromatic ring is 1. The van der Waals surface area contributed by atoms with E-state index in [1.165, 1.54) is 0 Å². The van der Waals surface area contributed by atoms with Crippen molar-refractivity contribution in [3.8, 4) is 0 Å². The second-order valence-electron chi connectivity index (χ2n) is 4.60. The van der Waals surface area contributed by atoms with Crippen LogP contribution in [0, 0.1) is 9.49 Å². The number of nitrogens with two attached hydrogens (primary N) is 1. The fourth-order valence-electron chi connectivity index (χ4n) is 2.43. The topological polar surface area (TPSA) is 58.4 Å². The van der Waals surface area contributed by atoms with E-state index in [4.69, 9.17) is 5.73 Å². The summed E-state index contributed by atoms with van der Waals surface area (Å²) in [4.78, 5) is 13.9. The molecular formula is C13H18IN3O. The van der Waals surface area contributed by atoms with E-state index >= 15 is 0 Å². The van der Waals surface area contributed by atoms with Crippen LogP contribution in [0.3, 0.4) is 0 Å². The summed E-state index contributed by atoms with van der Waals surface area (Å²) in [5, 5.41) is 2.73. The Morgan fingerprint density at radius 2 is 2.33 bits per heavy atom. The molecule has 0 bridgehead atoms. The van der Waals surface area contributed by atoms with Gasteiger partial charge in [0.2, 0.25) is 5.91 Å². The molecule has 0 radical (unpaired) electrons. The van der Waals surface area contributed by atoms with Gasteiger partial charge < -0.3 is 16.0 Å². The van der Waals surface area contributed by atoms with Crippen LogP contribution < -0.4 is 16.0 Å². The molecule has 1 aromatic carbocycles. The Kier molecular flexibility index (Phi) is 4.31. The summed E-state index contributed by atoms with van der Waals surface area (Å²) in [5.41, 5.74) is 7.90. The summed E-state index contributed by atoms with van der Waals surface area (Å²) >= 11 is 2.25. The van der Waals surface area contributed by atoms with Gasteiger partial charge >= 0.3 is 0 Å². The molecule has 3 N–H and O–H groups in total. The van der Waals surface area contributed by atoms with Crippen molar-refractivity contribution in [3.05, 3.63) is 21.8 Å². The van der Waals surface area contributed by atoms with Crippen molar-refractivity contribution in [2.45, 2.75) is 12.8 Å². The molecule has 1 aliphatic heterocycles. The van der Waals surface area contributed by atoms with Crippen LogP contribution in [0.1, 0.15) is 12.8 Å². The van der Waals surface area contributed by atoms with Gasteiger partial charge in [0.1, 0.15) is 0 Å². The van der Waals surface area contributed by atoms with Gasteiger partial charge in [0.05, 0.1) is 17.3 Å². The van der Waals surface area contributed by atoms with E-state index in [0.717, 1.165) is 40.9 Å². The van der Waals surface area contributed by atoms with Gasteiger partial charge in [0.25, 0.3) is 0 Å². The molecule has 2 rings (SSSR count). The zero-order valence-electron chi connectivity index (χ0n) is 10.4. The van der Waals surface area contributed by atoms with E-state index in [1.54, 1.807) is 7.05 Å². The molecule has 1 aliphatic rings. The molecule has 1 aromatic rings. The van der Waals surface area contributed by atoms with Crippen molar-refractivity contribution in [1.82, 2.24) is 5.32 Å². The molecule has 4 nitrogen and oxygen atoms in total. The number of hydrogen-bond acceptors (Lipinski definition) is 3. The Morgan fingerprint density at radius 3 is 3.00 bits per heavy atom. The average Bonchev–Trinajstić information content (AvgIpc) is 2.38. The highest BCUT2D eigenvalue weighted by Gasteiger charge is 2.25. The molecule has 0 saturated carbocycles. The molecule has 5 heteroatoms. The van der Waals surface area contributed by atoms with E-state index < -0.39 is 0 Å². The fraction of sp³-hybridized carbons (Fsp3) is 0.462. The van der Waals surface area contributed by atoms with Crippen LogP contribution in [0.5, 0.6) is 0 Å². The maximum atomic E-state index is 11.7. The number of carbonyl (C=O) groups excluding carboxylic acids is 1. The maximum Gasteiger partial charge on any atom is 0.224 e. The number of piperidine rings is 1. The van der Waals surface area contributed by atoms with Crippen LogP contribution in [0.4, 0.5) is 11.4 Å². The third kappa shape index (κ3) is 2.88. The SMILES string of the molecule is CNC(=O)C1CCCN(c2ccc(I)cc2N)C1. The highest BCUT2D eigenvalue weighted by molar-refractivity contribution is 14.1. The highest BCUT2D eigenvalue weighted by Crippen LogP contribution is 2.29. The van der Waals surface area contributed by atoms with Gasteiger partial charge in [-0.25, -0.2) is 0 Å². The quantitative estimate of drug-likeness (QED) is 0.626. The molecule has 1 saturated heterocycles. The van der Waals surface area contributed by atoms with E-state index in [-0.39, 0.29) is 11.8 Å². The van der Waals surface area contributed by atoms with E-state index in [1.807, 2.05) is 12.1 Å². The monoisotopic (exact) mass is 359 g/mol. The number of anilines is 2. The third-order valence-electron chi connectivity index (χ3n) is 3.37. The number of halogens is 1. The molecule has 98 valence electrons. The molecule has 1 fully saturated rings. The van der Waals surface area contributed by atoms with Crippen LogP contribution in [-0.2, 0) is 4.79 Å². The lowest BCUT2D eigenvalue weighted by atomic mass is 9.96. The zero-order chi connectivity index (χ0) is 13.1. The smallest absolute Gasteiger partial charge is 0.224 e. The zero-order valence-corrected chi connectivity index (χ0v) is 12.6. The number of nitrogens with one attached hydrogen (secondary N) is 1. The first-order chi connectivity index (χ1) is 8.61. The number of rotatable bonds is 2. The van der Waals surface area contributed by atoms with Gasteiger partial charge in [-0.2, -0.15) is 0 Å².